The molecule has 0 unspecified atom stereocenters. The fraction of sp³-hybridized carbons (Fsp3) is 0.214. The second-order valence-electron chi connectivity index (χ2n) is 4.57. The highest BCUT2D eigenvalue weighted by molar-refractivity contribution is 7.15. The van der Waals surface area contributed by atoms with E-state index in [0.29, 0.717) is 16.6 Å². The van der Waals surface area contributed by atoms with Gasteiger partial charge in [-0.15, -0.1) is 11.3 Å². The number of hydrogen-bond donors (Lipinski definition) is 1. The van der Waals surface area contributed by atoms with Crippen molar-refractivity contribution in [3.8, 4) is 11.3 Å². The molecule has 3 nitrogen and oxygen atoms in total. The molecule has 1 aromatic carbocycles. The lowest BCUT2D eigenvalue weighted by atomic mass is 10.1. The minimum absolute atomic E-state index is 0.571. The van der Waals surface area contributed by atoms with E-state index in [1.165, 1.54) is 0 Å². The molecule has 0 atom stereocenters. The third-order valence-corrected chi connectivity index (χ3v) is 4.69. The van der Waals surface area contributed by atoms with Crippen LogP contribution in [0.4, 0.5) is 0 Å². The molecule has 20 heavy (non-hydrogen) atoms. The molecule has 3 rings (SSSR count). The van der Waals surface area contributed by atoms with Crippen molar-refractivity contribution in [2.45, 2.75) is 13.3 Å². The minimum Gasteiger partial charge on any atom is -0.330 e. The van der Waals surface area contributed by atoms with E-state index in [0.717, 1.165) is 34.0 Å². The molecule has 0 aliphatic rings. The van der Waals surface area contributed by atoms with Gasteiger partial charge in [0.2, 0.25) is 0 Å². The molecule has 0 fully saturated rings. The van der Waals surface area contributed by atoms with Gasteiger partial charge in [0.15, 0.2) is 4.96 Å². The molecule has 0 amide bonds. The average Bonchev–Trinajstić information content (AvgIpc) is 2.92. The molecule has 104 valence electrons. The van der Waals surface area contributed by atoms with Gasteiger partial charge in [-0.25, -0.2) is 4.98 Å². The van der Waals surface area contributed by atoms with Gasteiger partial charge in [-0.3, -0.25) is 4.40 Å². The highest BCUT2D eigenvalue weighted by atomic mass is 35.5. The number of rotatable bonds is 3. The monoisotopic (exact) mass is 325 g/mol. The highest BCUT2D eigenvalue weighted by Crippen LogP contribution is 2.34. The van der Waals surface area contributed by atoms with Gasteiger partial charge in [-0.05, 0) is 31.7 Å². The van der Waals surface area contributed by atoms with E-state index >= 15 is 0 Å². The summed E-state index contributed by atoms with van der Waals surface area (Å²) in [4.78, 5) is 5.68. The van der Waals surface area contributed by atoms with Gasteiger partial charge in [0.05, 0.1) is 16.4 Å². The fourth-order valence-corrected chi connectivity index (χ4v) is 3.71. The first-order chi connectivity index (χ1) is 9.61. The third-order valence-electron chi connectivity index (χ3n) is 3.20. The van der Waals surface area contributed by atoms with Crippen LogP contribution in [-0.4, -0.2) is 15.9 Å². The molecule has 0 saturated carbocycles. The number of imidazole rings is 1. The molecule has 0 aliphatic carbocycles. The molecule has 0 radical (unpaired) electrons. The van der Waals surface area contributed by atoms with Crippen molar-refractivity contribution < 1.29 is 0 Å². The summed E-state index contributed by atoms with van der Waals surface area (Å²) in [6, 6.07) is 5.48. The maximum absolute atomic E-state index is 6.31. The Balaban J connectivity index is 2.27. The summed E-state index contributed by atoms with van der Waals surface area (Å²) in [5, 5.41) is 3.32. The molecule has 0 saturated heterocycles. The van der Waals surface area contributed by atoms with Crippen LogP contribution in [0.1, 0.15) is 11.4 Å². The SMILES string of the molecule is Cc1csc2nc(-c3ccc(Cl)cc3Cl)c(CCN)n12. The smallest absolute Gasteiger partial charge is 0.194 e. The summed E-state index contributed by atoms with van der Waals surface area (Å²) in [5.74, 6) is 0. The molecular formula is C14H13Cl2N3S. The Morgan fingerprint density at radius 3 is 2.85 bits per heavy atom. The zero-order valence-electron chi connectivity index (χ0n) is 10.9. The van der Waals surface area contributed by atoms with Crippen LogP contribution in [0, 0.1) is 6.92 Å². The molecular weight excluding hydrogens is 313 g/mol. The number of nitrogens with zero attached hydrogens (tertiary/aromatic N) is 2. The molecule has 0 spiro atoms. The first-order valence-electron chi connectivity index (χ1n) is 6.22. The number of benzene rings is 1. The van der Waals surface area contributed by atoms with Gasteiger partial charge in [-0.1, -0.05) is 23.2 Å². The Kier molecular flexibility index (Phi) is 3.73. The van der Waals surface area contributed by atoms with Crippen molar-refractivity contribution in [2.24, 2.45) is 5.73 Å². The van der Waals surface area contributed by atoms with Crippen molar-refractivity contribution in [2.75, 3.05) is 6.54 Å². The van der Waals surface area contributed by atoms with Crippen LogP contribution in [0.5, 0.6) is 0 Å². The maximum atomic E-state index is 6.31. The molecule has 6 heteroatoms. The van der Waals surface area contributed by atoms with Gasteiger partial charge in [0, 0.05) is 28.1 Å². The fourth-order valence-electron chi connectivity index (χ4n) is 2.33. The van der Waals surface area contributed by atoms with E-state index in [9.17, 15) is 0 Å². The summed E-state index contributed by atoms with van der Waals surface area (Å²) in [7, 11) is 0. The van der Waals surface area contributed by atoms with Crippen molar-refractivity contribution in [3.05, 3.63) is 45.0 Å². The van der Waals surface area contributed by atoms with E-state index in [2.05, 4.69) is 16.7 Å². The summed E-state index contributed by atoms with van der Waals surface area (Å²) in [6.07, 6.45) is 0.757. The largest absolute Gasteiger partial charge is 0.330 e. The molecule has 2 N–H and O–H groups in total. The highest BCUT2D eigenvalue weighted by Gasteiger charge is 2.18. The number of thiazole rings is 1. The van der Waals surface area contributed by atoms with Crippen LogP contribution in [0.3, 0.4) is 0 Å². The summed E-state index contributed by atoms with van der Waals surface area (Å²) in [5.41, 5.74) is 9.81. The Bertz CT molecular complexity index is 776. The Morgan fingerprint density at radius 2 is 2.15 bits per heavy atom. The average molecular weight is 326 g/mol. The van der Waals surface area contributed by atoms with Crippen molar-refractivity contribution in [1.82, 2.24) is 9.38 Å². The van der Waals surface area contributed by atoms with Crippen LogP contribution in [0.15, 0.2) is 23.6 Å². The normalized spacial score (nSPS) is 11.4. The Morgan fingerprint density at radius 1 is 1.35 bits per heavy atom. The molecule has 2 heterocycles. The second-order valence-corrected chi connectivity index (χ2v) is 6.25. The van der Waals surface area contributed by atoms with Gasteiger partial charge in [0.1, 0.15) is 0 Å². The van der Waals surface area contributed by atoms with Gasteiger partial charge in [-0.2, -0.15) is 0 Å². The lowest BCUT2D eigenvalue weighted by molar-refractivity contribution is 0.898. The lowest BCUT2D eigenvalue weighted by Gasteiger charge is -2.06. The van der Waals surface area contributed by atoms with E-state index in [-0.39, 0.29) is 0 Å². The van der Waals surface area contributed by atoms with Crippen LogP contribution in [0.2, 0.25) is 10.0 Å². The number of hydrogen-bond acceptors (Lipinski definition) is 3. The molecule has 3 aromatic rings. The van der Waals surface area contributed by atoms with Crippen molar-refractivity contribution in [1.29, 1.82) is 0 Å². The Hall–Kier alpha value is -1.07. The molecule has 2 aromatic heterocycles. The van der Waals surface area contributed by atoms with Gasteiger partial charge >= 0.3 is 0 Å². The van der Waals surface area contributed by atoms with Crippen molar-refractivity contribution >= 4 is 39.5 Å². The maximum Gasteiger partial charge on any atom is 0.194 e. The summed E-state index contributed by atoms with van der Waals surface area (Å²) >= 11 is 13.9. The van der Waals surface area contributed by atoms with Crippen LogP contribution >= 0.6 is 34.5 Å². The predicted octanol–water partition coefficient (Wildman–Crippen LogP) is 4.18. The van der Waals surface area contributed by atoms with E-state index < -0.39 is 0 Å². The van der Waals surface area contributed by atoms with E-state index in [4.69, 9.17) is 33.9 Å². The number of fused-ring (bicyclic) bond motifs is 1. The van der Waals surface area contributed by atoms with Crippen LogP contribution in [-0.2, 0) is 6.42 Å². The molecule has 0 aliphatic heterocycles. The summed E-state index contributed by atoms with van der Waals surface area (Å²) < 4.78 is 2.15. The topological polar surface area (TPSA) is 43.3 Å². The van der Waals surface area contributed by atoms with Crippen molar-refractivity contribution in [3.63, 3.8) is 0 Å². The zero-order valence-corrected chi connectivity index (χ0v) is 13.2. The first kappa shape index (κ1) is 13.9. The van der Waals surface area contributed by atoms with E-state index in [1.807, 2.05) is 12.1 Å². The zero-order chi connectivity index (χ0) is 14.3. The van der Waals surface area contributed by atoms with Gasteiger partial charge in [0.25, 0.3) is 0 Å². The van der Waals surface area contributed by atoms with Crippen LogP contribution in [0.25, 0.3) is 16.2 Å². The minimum atomic E-state index is 0.571. The lowest BCUT2D eigenvalue weighted by Crippen LogP contribution is -2.06. The first-order valence-corrected chi connectivity index (χ1v) is 7.86. The standard InChI is InChI=1S/C14H13Cl2N3S/c1-8-7-20-14-18-13(12(4-5-17)19(8)14)10-3-2-9(15)6-11(10)16/h2-3,6-7H,4-5,17H2,1H3. The quantitative estimate of drug-likeness (QED) is 0.785. The molecule has 0 bridgehead atoms. The summed E-state index contributed by atoms with van der Waals surface area (Å²) in [6.45, 7) is 2.64. The Labute approximate surface area is 131 Å². The van der Waals surface area contributed by atoms with Crippen LogP contribution < -0.4 is 5.73 Å². The van der Waals surface area contributed by atoms with E-state index in [1.54, 1.807) is 17.4 Å². The number of aryl methyl sites for hydroxylation is 1. The third kappa shape index (κ3) is 2.23. The predicted molar refractivity (Wildman–Crippen MR) is 86.0 cm³/mol. The van der Waals surface area contributed by atoms with Gasteiger partial charge < -0.3 is 5.73 Å². The number of nitrogens with two attached hydrogens (primary N) is 1. The second kappa shape index (κ2) is 5.37. The number of aromatic nitrogens is 2. The number of halogens is 2.